The minimum absolute atomic E-state index is 0.00175. The van der Waals surface area contributed by atoms with Gasteiger partial charge in [0.1, 0.15) is 0 Å². The van der Waals surface area contributed by atoms with Gasteiger partial charge in [-0.05, 0) is 82.5 Å². The summed E-state index contributed by atoms with van der Waals surface area (Å²) < 4.78 is 0. The number of rotatable bonds is 3. The Kier molecular flexibility index (Phi) is 3.74. The summed E-state index contributed by atoms with van der Waals surface area (Å²) in [4.78, 5) is 23.9. The second-order valence-electron chi connectivity index (χ2n) is 8.10. The van der Waals surface area contributed by atoms with Crippen LogP contribution in [-0.4, -0.2) is 23.9 Å². The highest BCUT2D eigenvalue weighted by Gasteiger charge is 2.53. The summed E-state index contributed by atoms with van der Waals surface area (Å²) in [6.07, 6.45) is 7.92. The van der Waals surface area contributed by atoms with Crippen LogP contribution >= 0.6 is 0 Å². The van der Waals surface area contributed by atoms with Gasteiger partial charge in [0.2, 0.25) is 0 Å². The third-order valence-corrected chi connectivity index (χ3v) is 5.98. The highest BCUT2D eigenvalue weighted by atomic mass is 16.2. The Hall–Kier alpha value is -1.06. The van der Waals surface area contributed by atoms with Gasteiger partial charge in [-0.1, -0.05) is 0 Å². The van der Waals surface area contributed by atoms with Crippen LogP contribution in [0.3, 0.4) is 0 Å². The van der Waals surface area contributed by atoms with Crippen LogP contribution in [0.5, 0.6) is 0 Å². The molecule has 21 heavy (non-hydrogen) atoms. The Morgan fingerprint density at radius 2 is 1.29 bits per heavy atom. The fourth-order valence-corrected chi connectivity index (χ4v) is 5.45. The van der Waals surface area contributed by atoms with Crippen LogP contribution in [0.4, 0.5) is 0 Å². The van der Waals surface area contributed by atoms with Crippen LogP contribution in [0.1, 0.15) is 59.3 Å². The normalized spacial score (nSPS) is 38.4. The third kappa shape index (κ3) is 2.82. The SMILES string of the molecule is CC(C)NC(=O)C(=O)NC(C)C12CC3CC(CC(C3)C1)C2. The largest absolute Gasteiger partial charge is 0.346 e. The lowest BCUT2D eigenvalue weighted by Crippen LogP contribution is -2.57. The van der Waals surface area contributed by atoms with E-state index in [-0.39, 0.29) is 17.5 Å². The third-order valence-electron chi connectivity index (χ3n) is 5.98. The van der Waals surface area contributed by atoms with Crippen molar-refractivity contribution in [2.45, 2.75) is 71.4 Å². The van der Waals surface area contributed by atoms with Crippen molar-refractivity contribution in [3.8, 4) is 0 Å². The molecule has 4 bridgehead atoms. The molecule has 2 amide bonds. The molecule has 4 aliphatic carbocycles. The lowest BCUT2D eigenvalue weighted by molar-refractivity contribution is -0.141. The van der Waals surface area contributed by atoms with Gasteiger partial charge >= 0.3 is 11.8 Å². The average molecular weight is 292 g/mol. The van der Waals surface area contributed by atoms with E-state index in [0.717, 1.165) is 17.8 Å². The van der Waals surface area contributed by atoms with Gasteiger partial charge in [-0.2, -0.15) is 0 Å². The highest BCUT2D eigenvalue weighted by molar-refractivity contribution is 6.35. The van der Waals surface area contributed by atoms with E-state index in [1.165, 1.54) is 38.5 Å². The lowest BCUT2D eigenvalue weighted by Gasteiger charge is -2.59. The molecule has 0 aromatic heterocycles. The van der Waals surface area contributed by atoms with E-state index in [4.69, 9.17) is 0 Å². The maximum absolute atomic E-state index is 12.1. The molecular formula is C17H28N2O2. The lowest BCUT2D eigenvalue weighted by atomic mass is 9.48. The molecule has 4 nitrogen and oxygen atoms in total. The maximum atomic E-state index is 12.1. The van der Waals surface area contributed by atoms with Crippen molar-refractivity contribution >= 4 is 11.8 Å². The molecule has 1 unspecified atom stereocenters. The fraction of sp³-hybridized carbons (Fsp3) is 0.882. The molecule has 4 saturated carbocycles. The zero-order chi connectivity index (χ0) is 15.2. The summed E-state index contributed by atoms with van der Waals surface area (Å²) >= 11 is 0. The number of carbonyl (C=O) groups is 2. The molecule has 4 aliphatic rings. The Labute approximate surface area is 127 Å². The molecule has 4 rings (SSSR count). The summed E-state index contributed by atoms with van der Waals surface area (Å²) in [6.45, 7) is 5.84. The predicted molar refractivity (Wildman–Crippen MR) is 81.5 cm³/mol. The summed E-state index contributed by atoms with van der Waals surface area (Å²) in [6, 6.07) is 0.106. The number of nitrogens with one attached hydrogen (secondary N) is 2. The van der Waals surface area contributed by atoms with Crippen molar-refractivity contribution in [1.82, 2.24) is 10.6 Å². The van der Waals surface area contributed by atoms with Crippen LogP contribution in [0.15, 0.2) is 0 Å². The molecule has 0 spiro atoms. The van der Waals surface area contributed by atoms with Crippen LogP contribution in [0.25, 0.3) is 0 Å². The number of amides is 2. The van der Waals surface area contributed by atoms with Crippen molar-refractivity contribution in [2.24, 2.45) is 23.2 Å². The average Bonchev–Trinajstić information content (AvgIpc) is 2.35. The van der Waals surface area contributed by atoms with Gasteiger partial charge < -0.3 is 10.6 Å². The molecular weight excluding hydrogens is 264 g/mol. The molecule has 0 aliphatic heterocycles. The first kappa shape index (κ1) is 14.9. The van der Waals surface area contributed by atoms with Crippen LogP contribution in [-0.2, 0) is 9.59 Å². The van der Waals surface area contributed by atoms with Crippen molar-refractivity contribution in [3.05, 3.63) is 0 Å². The first-order valence-corrected chi connectivity index (χ1v) is 8.49. The van der Waals surface area contributed by atoms with Gasteiger partial charge in [0.05, 0.1) is 0 Å². The Bertz CT molecular complexity index is 409. The second-order valence-corrected chi connectivity index (χ2v) is 8.10. The van der Waals surface area contributed by atoms with E-state index in [2.05, 4.69) is 17.6 Å². The molecule has 0 aromatic carbocycles. The van der Waals surface area contributed by atoms with Gasteiger partial charge in [-0.15, -0.1) is 0 Å². The van der Waals surface area contributed by atoms with Crippen molar-refractivity contribution in [1.29, 1.82) is 0 Å². The van der Waals surface area contributed by atoms with Crippen LogP contribution in [0.2, 0.25) is 0 Å². The van der Waals surface area contributed by atoms with E-state index < -0.39 is 11.8 Å². The minimum atomic E-state index is -0.499. The molecule has 0 heterocycles. The van der Waals surface area contributed by atoms with Gasteiger partial charge in [0.25, 0.3) is 0 Å². The first-order valence-electron chi connectivity index (χ1n) is 8.49. The summed E-state index contributed by atoms with van der Waals surface area (Å²) in [5, 5.41) is 5.66. The van der Waals surface area contributed by atoms with Crippen LogP contribution in [0, 0.1) is 23.2 Å². The number of hydrogen-bond donors (Lipinski definition) is 2. The summed E-state index contributed by atoms with van der Waals surface area (Å²) in [5.74, 6) is 1.62. The fourth-order valence-electron chi connectivity index (χ4n) is 5.45. The van der Waals surface area contributed by atoms with Gasteiger partial charge in [0.15, 0.2) is 0 Å². The van der Waals surface area contributed by atoms with E-state index in [9.17, 15) is 9.59 Å². The molecule has 0 radical (unpaired) electrons. The summed E-state index contributed by atoms with van der Waals surface area (Å²) in [5.41, 5.74) is 0.253. The van der Waals surface area contributed by atoms with E-state index in [1.807, 2.05) is 13.8 Å². The Balaban J connectivity index is 1.64. The minimum Gasteiger partial charge on any atom is -0.346 e. The first-order chi connectivity index (χ1) is 9.88. The quantitative estimate of drug-likeness (QED) is 0.784. The molecule has 1 atom stereocenters. The topological polar surface area (TPSA) is 58.2 Å². The van der Waals surface area contributed by atoms with E-state index in [0.29, 0.717) is 0 Å². The zero-order valence-corrected chi connectivity index (χ0v) is 13.4. The van der Waals surface area contributed by atoms with Crippen molar-refractivity contribution in [3.63, 3.8) is 0 Å². The van der Waals surface area contributed by atoms with Crippen LogP contribution < -0.4 is 10.6 Å². The highest BCUT2D eigenvalue weighted by Crippen LogP contribution is 2.61. The Morgan fingerprint density at radius 3 is 1.71 bits per heavy atom. The molecule has 4 heteroatoms. The molecule has 2 N–H and O–H groups in total. The van der Waals surface area contributed by atoms with Crippen molar-refractivity contribution in [2.75, 3.05) is 0 Å². The summed E-state index contributed by atoms with van der Waals surface area (Å²) in [7, 11) is 0. The van der Waals surface area contributed by atoms with Gasteiger partial charge in [-0.3, -0.25) is 9.59 Å². The van der Waals surface area contributed by atoms with Gasteiger partial charge in [0, 0.05) is 12.1 Å². The number of hydrogen-bond acceptors (Lipinski definition) is 2. The van der Waals surface area contributed by atoms with E-state index in [1.54, 1.807) is 0 Å². The Morgan fingerprint density at radius 1 is 0.857 bits per heavy atom. The van der Waals surface area contributed by atoms with Gasteiger partial charge in [-0.25, -0.2) is 0 Å². The monoisotopic (exact) mass is 292 g/mol. The number of carbonyl (C=O) groups excluding carboxylic acids is 2. The maximum Gasteiger partial charge on any atom is 0.309 e. The molecule has 0 aromatic rings. The van der Waals surface area contributed by atoms with E-state index >= 15 is 0 Å². The van der Waals surface area contributed by atoms with Crippen molar-refractivity contribution < 1.29 is 9.59 Å². The standard InChI is InChI=1S/C17H28N2O2/c1-10(2)18-15(20)16(21)19-11(3)17-7-12-4-13(8-17)6-14(5-12)9-17/h10-14H,4-9H2,1-3H3,(H,18,20)(H,19,21). The second kappa shape index (κ2) is 5.29. The molecule has 4 fully saturated rings. The molecule has 0 saturated heterocycles. The molecule has 118 valence electrons. The smallest absolute Gasteiger partial charge is 0.309 e. The zero-order valence-electron chi connectivity index (χ0n) is 13.4. The predicted octanol–water partition coefficient (Wildman–Crippen LogP) is 2.23.